The van der Waals surface area contributed by atoms with Crippen LogP contribution in [0.4, 0.5) is 4.39 Å². The number of allylic oxidation sites excluding steroid dienone is 4. The molecule has 4 rings (SSSR count). The molecule has 4 aliphatic rings. The highest BCUT2D eigenvalue weighted by Gasteiger charge is 2.52. The van der Waals surface area contributed by atoms with Crippen molar-refractivity contribution in [2.24, 2.45) is 11.3 Å². The van der Waals surface area contributed by atoms with Crippen molar-refractivity contribution in [1.82, 2.24) is 0 Å². The van der Waals surface area contributed by atoms with E-state index in [-0.39, 0.29) is 14.7 Å². The van der Waals surface area contributed by atoms with E-state index in [1.165, 1.54) is 31.3 Å². The van der Waals surface area contributed by atoms with Gasteiger partial charge in [-0.15, -0.1) is 0 Å². The maximum absolute atomic E-state index is 14.5. The van der Waals surface area contributed by atoms with Crippen LogP contribution in [0.5, 0.6) is 0 Å². The summed E-state index contributed by atoms with van der Waals surface area (Å²) in [5.74, 6) is 0.783. The Bertz CT molecular complexity index is 386. The Morgan fingerprint density at radius 3 is 2.53 bits per heavy atom. The fourth-order valence-electron chi connectivity index (χ4n) is 3.94. The van der Waals surface area contributed by atoms with Crippen molar-refractivity contribution in [1.29, 1.82) is 0 Å². The quantitative estimate of drug-likeness (QED) is 0.342. The van der Waals surface area contributed by atoms with Crippen LogP contribution < -0.4 is 0 Å². The van der Waals surface area contributed by atoms with Gasteiger partial charge >= 0.3 is 0 Å². The number of rotatable bonds is 1. The summed E-state index contributed by atoms with van der Waals surface area (Å²) in [5, 5.41) is 0. The molecule has 0 radical (unpaired) electrons. The Labute approximate surface area is 117 Å². The van der Waals surface area contributed by atoms with Gasteiger partial charge in [-0.1, -0.05) is 34.2 Å². The third kappa shape index (κ3) is 1.91. The summed E-state index contributed by atoms with van der Waals surface area (Å²) in [6, 6.07) is 0. The van der Waals surface area contributed by atoms with Crippen molar-refractivity contribution in [3.63, 3.8) is 0 Å². The molecule has 0 aromatic carbocycles. The molecular weight excluding hydrogens is 326 g/mol. The van der Waals surface area contributed by atoms with Crippen molar-refractivity contribution < 1.29 is 4.39 Å². The second-order valence-corrected chi connectivity index (χ2v) is 8.35. The first-order chi connectivity index (χ1) is 8.04. The fraction of sp³-hybridized carbons (Fsp3) is 0.733. The van der Waals surface area contributed by atoms with Gasteiger partial charge in [-0.05, 0) is 63.9 Å². The lowest BCUT2D eigenvalue weighted by molar-refractivity contribution is 0.0781. The first-order valence-electron chi connectivity index (χ1n) is 6.78. The molecular formula is C15H20FI. The monoisotopic (exact) mass is 346 g/mol. The predicted octanol–water partition coefficient (Wildman–Crippen LogP) is 5.33. The van der Waals surface area contributed by atoms with Gasteiger partial charge in [0.1, 0.15) is 5.83 Å². The molecule has 0 aromatic rings. The van der Waals surface area contributed by atoms with Gasteiger partial charge in [0.2, 0.25) is 0 Å². The average Bonchev–Trinajstić information content (AvgIpc) is 2.30. The molecule has 0 N–H and O–H groups in total. The van der Waals surface area contributed by atoms with Crippen LogP contribution in [-0.4, -0.2) is 3.42 Å². The highest BCUT2D eigenvalue weighted by atomic mass is 127. The summed E-state index contributed by atoms with van der Waals surface area (Å²) >= 11 is 2.46. The zero-order chi connectivity index (χ0) is 12.1. The number of alkyl halides is 1. The van der Waals surface area contributed by atoms with Crippen LogP contribution in [0.25, 0.3) is 0 Å². The Morgan fingerprint density at radius 1 is 1.29 bits per heavy atom. The SMILES string of the molecule is CC1=CCC(C23CCC(I)(C=C2F)CC3)CC1. The van der Waals surface area contributed by atoms with Gasteiger partial charge in [0.05, 0.1) is 0 Å². The van der Waals surface area contributed by atoms with Crippen molar-refractivity contribution >= 4 is 22.6 Å². The van der Waals surface area contributed by atoms with Crippen LogP contribution in [0.15, 0.2) is 23.6 Å². The van der Waals surface area contributed by atoms with E-state index in [9.17, 15) is 4.39 Å². The van der Waals surface area contributed by atoms with Crippen LogP contribution >= 0.6 is 22.6 Å². The molecule has 1 fully saturated rings. The maximum Gasteiger partial charge on any atom is 0.104 e. The van der Waals surface area contributed by atoms with Crippen LogP contribution in [0.1, 0.15) is 51.9 Å². The molecule has 0 spiro atoms. The van der Waals surface area contributed by atoms with Crippen molar-refractivity contribution in [2.75, 3.05) is 0 Å². The fourth-order valence-corrected chi connectivity index (χ4v) is 4.75. The second kappa shape index (κ2) is 4.07. The summed E-state index contributed by atoms with van der Waals surface area (Å²) in [5.41, 5.74) is 1.42. The zero-order valence-corrected chi connectivity index (χ0v) is 12.6. The molecule has 0 saturated heterocycles. The standard InChI is InChI=1S/C15H20FI/c1-11-2-4-12(5-3-11)15-8-6-14(17,7-9-15)10-13(15)16/h2,10,12H,3-9H2,1H3. The first-order valence-corrected chi connectivity index (χ1v) is 7.85. The van der Waals surface area contributed by atoms with Gasteiger partial charge < -0.3 is 0 Å². The molecule has 94 valence electrons. The molecule has 0 aromatic heterocycles. The second-order valence-electron chi connectivity index (χ2n) is 6.20. The first kappa shape index (κ1) is 12.2. The third-order valence-electron chi connectivity index (χ3n) is 5.25. The smallest absolute Gasteiger partial charge is 0.104 e. The molecule has 17 heavy (non-hydrogen) atoms. The molecule has 0 nitrogen and oxygen atoms in total. The van der Waals surface area contributed by atoms with Gasteiger partial charge in [-0.2, -0.15) is 0 Å². The van der Waals surface area contributed by atoms with Crippen LogP contribution in [0.2, 0.25) is 0 Å². The van der Waals surface area contributed by atoms with E-state index in [2.05, 4.69) is 35.6 Å². The molecule has 4 aliphatic carbocycles. The molecule has 0 amide bonds. The minimum Gasteiger partial charge on any atom is -0.211 e. The van der Waals surface area contributed by atoms with Crippen LogP contribution in [-0.2, 0) is 0 Å². The zero-order valence-electron chi connectivity index (χ0n) is 10.4. The Kier molecular flexibility index (Phi) is 2.92. The van der Waals surface area contributed by atoms with Crippen molar-refractivity contribution in [3.05, 3.63) is 23.6 Å². The molecule has 0 heterocycles. The molecule has 1 atom stereocenters. The molecule has 2 bridgehead atoms. The lowest BCUT2D eigenvalue weighted by Crippen LogP contribution is -2.44. The van der Waals surface area contributed by atoms with Gasteiger partial charge in [0.15, 0.2) is 0 Å². The summed E-state index contributed by atoms with van der Waals surface area (Å²) in [7, 11) is 0. The van der Waals surface area contributed by atoms with E-state index in [0.29, 0.717) is 5.92 Å². The minimum atomic E-state index is -0.0792. The molecule has 1 saturated carbocycles. The number of hydrogen-bond donors (Lipinski definition) is 0. The number of fused-ring (bicyclic) bond motifs is 2. The number of halogens is 2. The van der Waals surface area contributed by atoms with E-state index in [1.54, 1.807) is 0 Å². The molecule has 1 unspecified atom stereocenters. The highest BCUT2D eigenvalue weighted by Crippen LogP contribution is 2.61. The van der Waals surface area contributed by atoms with Crippen molar-refractivity contribution in [3.8, 4) is 0 Å². The van der Waals surface area contributed by atoms with E-state index in [0.717, 1.165) is 19.3 Å². The summed E-state index contributed by atoms with van der Waals surface area (Å²) in [6.07, 6.45) is 12.3. The average molecular weight is 346 g/mol. The normalized spacial score (nSPS) is 45.5. The lowest BCUT2D eigenvalue weighted by atomic mass is 9.56. The predicted molar refractivity (Wildman–Crippen MR) is 77.9 cm³/mol. The van der Waals surface area contributed by atoms with Crippen LogP contribution in [0.3, 0.4) is 0 Å². The largest absolute Gasteiger partial charge is 0.211 e. The van der Waals surface area contributed by atoms with Crippen molar-refractivity contribution in [2.45, 2.75) is 55.3 Å². The van der Waals surface area contributed by atoms with E-state index in [4.69, 9.17) is 0 Å². The Morgan fingerprint density at radius 2 is 2.00 bits per heavy atom. The summed E-state index contributed by atoms with van der Waals surface area (Å²) in [4.78, 5) is 0. The van der Waals surface area contributed by atoms with Gasteiger partial charge in [0, 0.05) is 8.84 Å². The Balaban J connectivity index is 1.90. The number of hydrogen-bond acceptors (Lipinski definition) is 0. The highest BCUT2D eigenvalue weighted by molar-refractivity contribution is 14.1. The van der Waals surface area contributed by atoms with E-state index < -0.39 is 0 Å². The molecule has 2 heteroatoms. The van der Waals surface area contributed by atoms with Gasteiger partial charge in [-0.25, -0.2) is 4.39 Å². The van der Waals surface area contributed by atoms with Gasteiger partial charge in [0.25, 0.3) is 0 Å². The summed E-state index contributed by atoms with van der Waals surface area (Å²) < 4.78 is 14.6. The minimum absolute atomic E-state index is 0.0792. The lowest BCUT2D eigenvalue weighted by Gasteiger charge is -2.52. The maximum atomic E-state index is 14.5. The van der Waals surface area contributed by atoms with Crippen LogP contribution in [0, 0.1) is 11.3 Å². The third-order valence-corrected chi connectivity index (χ3v) is 6.64. The Hall–Kier alpha value is 0.140. The van der Waals surface area contributed by atoms with Gasteiger partial charge in [-0.3, -0.25) is 0 Å². The van der Waals surface area contributed by atoms with E-state index >= 15 is 0 Å². The topological polar surface area (TPSA) is 0 Å². The molecule has 0 aliphatic heterocycles. The van der Waals surface area contributed by atoms with E-state index in [1.807, 2.05) is 6.08 Å². The summed E-state index contributed by atoms with van der Waals surface area (Å²) in [6.45, 7) is 2.21.